The van der Waals surface area contributed by atoms with Crippen LogP contribution in [0.15, 0.2) is 91.3 Å². The van der Waals surface area contributed by atoms with Crippen molar-refractivity contribution in [1.29, 1.82) is 0 Å². The van der Waals surface area contributed by atoms with Crippen LogP contribution in [-0.2, 0) is 17.8 Å². The molecule has 4 rings (SSSR count). The van der Waals surface area contributed by atoms with Crippen molar-refractivity contribution in [3.8, 4) is 0 Å². The molecule has 1 N–H and O–H groups in total. The van der Waals surface area contributed by atoms with E-state index in [4.69, 9.17) is 0 Å². The number of fused-ring (bicyclic) bond motifs is 1. The van der Waals surface area contributed by atoms with E-state index in [0.29, 0.717) is 6.42 Å². The van der Waals surface area contributed by atoms with E-state index in [9.17, 15) is 14.9 Å². The van der Waals surface area contributed by atoms with Crippen molar-refractivity contribution in [1.82, 2.24) is 0 Å². The molecule has 0 saturated carbocycles. The lowest BCUT2D eigenvalue weighted by molar-refractivity contribution is -0.684. The molecular formula is C24H20N3O3+. The SMILES string of the molecule is O=C(C[n+]1ccc(Cc2ccc([N+](=O)[O-])cc2)cc1)Nc1cccc2ccccc12. The molecule has 6 nitrogen and oxygen atoms in total. The Bertz CT molecular complexity index is 1200. The zero-order valence-electron chi connectivity index (χ0n) is 16.2. The highest BCUT2D eigenvalue weighted by atomic mass is 16.6. The molecule has 0 atom stereocenters. The van der Waals surface area contributed by atoms with Gasteiger partial charge in [0.15, 0.2) is 12.4 Å². The van der Waals surface area contributed by atoms with E-state index >= 15 is 0 Å². The monoisotopic (exact) mass is 398 g/mol. The van der Waals surface area contributed by atoms with E-state index in [2.05, 4.69) is 5.32 Å². The molecule has 0 aliphatic carbocycles. The molecule has 0 aliphatic rings. The van der Waals surface area contributed by atoms with Gasteiger partial charge in [0.2, 0.25) is 6.54 Å². The Morgan fingerprint density at radius 1 is 0.867 bits per heavy atom. The van der Waals surface area contributed by atoms with Crippen molar-refractivity contribution in [3.63, 3.8) is 0 Å². The van der Waals surface area contributed by atoms with E-state index in [-0.39, 0.29) is 18.1 Å². The number of nitrogens with zero attached hydrogens (tertiary/aromatic N) is 2. The van der Waals surface area contributed by atoms with Gasteiger partial charge in [-0.15, -0.1) is 0 Å². The molecular weight excluding hydrogens is 378 g/mol. The first-order chi connectivity index (χ1) is 14.6. The van der Waals surface area contributed by atoms with Gasteiger partial charge in [0, 0.05) is 35.3 Å². The zero-order valence-corrected chi connectivity index (χ0v) is 16.2. The Balaban J connectivity index is 1.39. The highest BCUT2D eigenvalue weighted by Gasteiger charge is 2.12. The summed E-state index contributed by atoms with van der Waals surface area (Å²) in [5.41, 5.74) is 2.94. The number of nitrogens with one attached hydrogen (secondary N) is 1. The summed E-state index contributed by atoms with van der Waals surface area (Å²) in [4.78, 5) is 22.8. The van der Waals surface area contributed by atoms with E-state index in [1.54, 1.807) is 12.1 Å². The fraction of sp³-hybridized carbons (Fsp3) is 0.0833. The Labute approximate surface area is 173 Å². The maximum atomic E-state index is 12.5. The highest BCUT2D eigenvalue weighted by Crippen LogP contribution is 2.22. The number of hydrogen-bond donors (Lipinski definition) is 1. The second-order valence-electron chi connectivity index (χ2n) is 7.05. The third-order valence-corrected chi connectivity index (χ3v) is 4.91. The van der Waals surface area contributed by atoms with Gasteiger partial charge < -0.3 is 5.32 Å². The lowest BCUT2D eigenvalue weighted by Gasteiger charge is -2.07. The van der Waals surface area contributed by atoms with Crippen LogP contribution in [0.3, 0.4) is 0 Å². The number of anilines is 1. The van der Waals surface area contributed by atoms with Crippen molar-refractivity contribution in [2.75, 3.05) is 5.32 Å². The summed E-state index contributed by atoms with van der Waals surface area (Å²) in [5, 5.41) is 15.8. The number of rotatable bonds is 6. The predicted octanol–water partition coefficient (Wildman–Crippen LogP) is 4.27. The molecule has 30 heavy (non-hydrogen) atoms. The van der Waals surface area contributed by atoms with Gasteiger partial charge in [-0.25, -0.2) is 0 Å². The van der Waals surface area contributed by atoms with Crippen molar-refractivity contribution in [3.05, 3.63) is 112 Å². The Morgan fingerprint density at radius 3 is 2.27 bits per heavy atom. The smallest absolute Gasteiger partial charge is 0.290 e. The van der Waals surface area contributed by atoms with Gasteiger partial charge >= 0.3 is 0 Å². The van der Waals surface area contributed by atoms with Crippen LogP contribution in [0.1, 0.15) is 11.1 Å². The van der Waals surface area contributed by atoms with Gasteiger partial charge in [-0.1, -0.05) is 48.5 Å². The first-order valence-corrected chi connectivity index (χ1v) is 9.57. The molecule has 0 saturated heterocycles. The maximum Gasteiger partial charge on any atom is 0.290 e. The lowest BCUT2D eigenvalue weighted by atomic mass is 10.1. The third-order valence-electron chi connectivity index (χ3n) is 4.91. The number of aromatic nitrogens is 1. The van der Waals surface area contributed by atoms with Crippen LogP contribution in [0, 0.1) is 10.1 Å². The fourth-order valence-corrected chi connectivity index (χ4v) is 3.37. The molecule has 1 heterocycles. The lowest BCUT2D eigenvalue weighted by Crippen LogP contribution is -2.39. The van der Waals surface area contributed by atoms with E-state index in [1.165, 1.54) is 12.1 Å². The summed E-state index contributed by atoms with van der Waals surface area (Å²) in [6, 6.07) is 24.2. The predicted molar refractivity (Wildman–Crippen MR) is 115 cm³/mol. The molecule has 6 heteroatoms. The number of carbonyl (C=O) groups excluding carboxylic acids is 1. The van der Waals surface area contributed by atoms with Gasteiger partial charge in [-0.05, 0) is 29.0 Å². The van der Waals surface area contributed by atoms with Crippen LogP contribution in [0.5, 0.6) is 0 Å². The summed E-state index contributed by atoms with van der Waals surface area (Å²) >= 11 is 0. The summed E-state index contributed by atoms with van der Waals surface area (Å²) in [6.07, 6.45) is 4.40. The van der Waals surface area contributed by atoms with Crippen molar-refractivity contribution >= 4 is 28.1 Å². The molecule has 0 unspecified atom stereocenters. The summed E-state index contributed by atoms with van der Waals surface area (Å²) in [7, 11) is 0. The largest absolute Gasteiger partial charge is 0.320 e. The molecule has 4 aromatic rings. The average Bonchev–Trinajstić information content (AvgIpc) is 2.76. The Kier molecular flexibility index (Phi) is 5.48. The number of carbonyl (C=O) groups is 1. The highest BCUT2D eigenvalue weighted by molar-refractivity contribution is 6.01. The second-order valence-corrected chi connectivity index (χ2v) is 7.05. The molecule has 0 bridgehead atoms. The molecule has 148 valence electrons. The summed E-state index contributed by atoms with van der Waals surface area (Å²) in [5.74, 6) is -0.0977. The summed E-state index contributed by atoms with van der Waals surface area (Å²) < 4.78 is 1.82. The number of pyridine rings is 1. The maximum absolute atomic E-state index is 12.5. The van der Waals surface area contributed by atoms with Crippen LogP contribution in [0.2, 0.25) is 0 Å². The van der Waals surface area contributed by atoms with Gasteiger partial charge in [0.1, 0.15) is 0 Å². The standard InChI is InChI=1S/C24H19N3O3/c28-24(25-23-7-3-5-20-4-1-2-6-22(20)23)17-26-14-12-19(13-15-26)16-18-8-10-21(11-9-18)27(29)30/h1-15H,16-17H2/p+1. The molecule has 1 aromatic heterocycles. The fourth-order valence-electron chi connectivity index (χ4n) is 3.37. The average molecular weight is 398 g/mol. The van der Waals surface area contributed by atoms with Gasteiger partial charge in [0.05, 0.1) is 4.92 Å². The van der Waals surface area contributed by atoms with E-state index in [0.717, 1.165) is 27.6 Å². The van der Waals surface area contributed by atoms with Gasteiger partial charge in [-0.2, -0.15) is 4.57 Å². The number of benzene rings is 3. The van der Waals surface area contributed by atoms with Gasteiger partial charge in [-0.3, -0.25) is 14.9 Å². The molecule has 3 aromatic carbocycles. The van der Waals surface area contributed by atoms with Crippen LogP contribution in [-0.4, -0.2) is 10.8 Å². The quantitative estimate of drug-likeness (QED) is 0.299. The van der Waals surface area contributed by atoms with Crippen LogP contribution >= 0.6 is 0 Å². The van der Waals surface area contributed by atoms with Crippen molar-refractivity contribution in [2.24, 2.45) is 0 Å². The topological polar surface area (TPSA) is 76.1 Å². The minimum absolute atomic E-state index is 0.0851. The number of nitro groups is 1. The minimum Gasteiger partial charge on any atom is -0.320 e. The molecule has 0 spiro atoms. The molecule has 1 amide bonds. The minimum atomic E-state index is -0.404. The van der Waals surface area contributed by atoms with Crippen LogP contribution in [0.4, 0.5) is 11.4 Å². The number of nitro benzene ring substituents is 1. The molecule has 0 aliphatic heterocycles. The van der Waals surface area contributed by atoms with E-state index in [1.807, 2.05) is 71.6 Å². The second kappa shape index (κ2) is 8.53. The number of hydrogen-bond acceptors (Lipinski definition) is 3. The first-order valence-electron chi connectivity index (χ1n) is 9.57. The van der Waals surface area contributed by atoms with Crippen molar-refractivity contribution < 1.29 is 14.3 Å². The molecule has 0 fully saturated rings. The van der Waals surface area contributed by atoms with E-state index < -0.39 is 4.92 Å². The van der Waals surface area contributed by atoms with Crippen molar-refractivity contribution in [2.45, 2.75) is 13.0 Å². The third kappa shape index (κ3) is 4.50. The molecule has 0 radical (unpaired) electrons. The Morgan fingerprint density at radius 2 is 1.53 bits per heavy atom. The Hall–Kier alpha value is -4.06. The summed E-state index contributed by atoms with van der Waals surface area (Å²) in [6.45, 7) is 0.209. The number of amides is 1. The first kappa shape index (κ1) is 19.3. The van der Waals surface area contributed by atoms with Crippen LogP contribution in [0.25, 0.3) is 10.8 Å². The normalized spacial score (nSPS) is 10.7. The van der Waals surface area contributed by atoms with Crippen LogP contribution < -0.4 is 9.88 Å². The zero-order chi connectivity index (χ0) is 20.9. The van der Waals surface area contributed by atoms with Gasteiger partial charge in [0.25, 0.3) is 11.6 Å². The number of non-ortho nitro benzene ring substituents is 1.